The number of H-pyrrole nitrogens is 1. The molecule has 19 nitrogen and oxygen atoms in total. The fourth-order valence-electron chi connectivity index (χ4n) is 11.2. The van der Waals surface area contributed by atoms with Gasteiger partial charge in [-0.15, -0.1) is 0 Å². The lowest BCUT2D eigenvalue weighted by Gasteiger charge is -2.60. The van der Waals surface area contributed by atoms with Crippen LogP contribution in [0.5, 0.6) is 17.2 Å². The van der Waals surface area contributed by atoms with Crippen molar-refractivity contribution in [3.63, 3.8) is 0 Å². The van der Waals surface area contributed by atoms with Gasteiger partial charge in [0.1, 0.15) is 29.6 Å². The van der Waals surface area contributed by atoms with Crippen LogP contribution in [0.3, 0.4) is 0 Å². The molecule has 4 aliphatic heterocycles. The fourth-order valence-corrected chi connectivity index (χ4v) is 12.2. The minimum Gasteiger partial charge on any atom is -0.489 e. The lowest BCUT2D eigenvalue weighted by molar-refractivity contribution is -0.384. The number of hydrogen-bond donors (Lipinski definition) is 5. The highest BCUT2D eigenvalue weighted by molar-refractivity contribution is 7.90. The molecule has 1 spiro atoms. The van der Waals surface area contributed by atoms with E-state index in [9.17, 15) is 37.6 Å². The molecule has 4 fully saturated rings. The Bertz CT molecular complexity index is 3000. The summed E-state index contributed by atoms with van der Waals surface area (Å²) >= 11 is 0. The van der Waals surface area contributed by atoms with Crippen molar-refractivity contribution in [1.29, 1.82) is 0 Å². The standard InChI is InChI=1S/C50H59FN10O9S/c1-30(2)35-6-4-5-7-36(35)42-26-58(48(52)63)18-19-60(42)59-28-50(29-59)14-16-57(17-15-50)32-8-9-37(43(20-32)70-33-21-38-39(51)25-54-46(38)53-24-33)47(62)56-71(67,68)34-22-41(61(65)66)45-44(23-34)69-27-40(55-45)31-10-12-49(3,64)13-11-31/h4-9,20-25,30-31,40,42,55,64H,10-19,26-29H2,1-3H3,(H2,52,63)(H,53,54)(H,56,62)/t31-,40-,42-,49-/m1/s1. The normalized spacial score (nSPS) is 23.7. The number of nitro benzene ring substituents is 1. The van der Waals surface area contributed by atoms with Crippen LogP contribution in [0.4, 0.5) is 26.2 Å². The number of anilines is 2. The van der Waals surface area contributed by atoms with Crippen LogP contribution in [-0.2, 0) is 10.0 Å². The van der Waals surface area contributed by atoms with E-state index < -0.39 is 48.9 Å². The van der Waals surface area contributed by atoms with Gasteiger partial charge in [0.15, 0.2) is 11.4 Å². The summed E-state index contributed by atoms with van der Waals surface area (Å²) in [4.78, 5) is 48.6. The van der Waals surface area contributed by atoms with Gasteiger partial charge in [-0.25, -0.2) is 37.3 Å². The number of sulfonamides is 1. The van der Waals surface area contributed by atoms with Gasteiger partial charge < -0.3 is 40.4 Å². The summed E-state index contributed by atoms with van der Waals surface area (Å²) in [7, 11) is -4.75. The summed E-state index contributed by atoms with van der Waals surface area (Å²) < 4.78 is 57.0. The molecule has 6 N–H and O–H groups in total. The van der Waals surface area contributed by atoms with Crippen LogP contribution in [0.2, 0.25) is 0 Å². The largest absolute Gasteiger partial charge is 0.489 e. The molecule has 0 radical (unpaired) electrons. The molecular formula is C50H59FN10O9S. The first kappa shape index (κ1) is 48.1. The summed E-state index contributed by atoms with van der Waals surface area (Å²) in [6.07, 6.45) is 6.79. The predicted molar refractivity (Wildman–Crippen MR) is 262 cm³/mol. The van der Waals surface area contributed by atoms with Crippen molar-refractivity contribution in [2.24, 2.45) is 17.1 Å². The molecule has 3 aromatic carbocycles. The first-order valence-electron chi connectivity index (χ1n) is 24.2. The lowest BCUT2D eigenvalue weighted by Crippen LogP contribution is -2.68. The number of halogens is 1. The van der Waals surface area contributed by atoms with E-state index >= 15 is 0 Å². The van der Waals surface area contributed by atoms with Gasteiger partial charge in [-0.05, 0) is 86.6 Å². The Hall–Kier alpha value is -6.55. The van der Waals surface area contributed by atoms with Crippen molar-refractivity contribution < 1.29 is 41.9 Å². The third-order valence-corrected chi connectivity index (χ3v) is 16.6. The van der Waals surface area contributed by atoms with Gasteiger partial charge in [-0.1, -0.05) is 38.1 Å². The summed E-state index contributed by atoms with van der Waals surface area (Å²) in [6.45, 7) is 11.0. The molecule has 0 unspecified atom stereocenters. The van der Waals surface area contributed by atoms with Crippen LogP contribution < -0.4 is 30.1 Å². The van der Waals surface area contributed by atoms with Crippen LogP contribution in [-0.4, -0.2) is 119 Å². The quantitative estimate of drug-likeness (QED) is 0.0661. The molecule has 1 saturated carbocycles. The number of nitrogens with two attached hydrogens (primary N) is 1. The number of hydrogen-bond acceptors (Lipinski definition) is 14. The smallest absolute Gasteiger partial charge is 0.314 e. The number of rotatable bonds is 11. The number of hydrazine groups is 1. The van der Waals surface area contributed by atoms with Crippen LogP contribution in [0.1, 0.15) is 92.7 Å². The Kier molecular flexibility index (Phi) is 12.6. The number of nitrogens with zero attached hydrogens (tertiary/aromatic N) is 6. The second-order valence-electron chi connectivity index (χ2n) is 20.4. The zero-order chi connectivity index (χ0) is 50.0. The number of nitro groups is 1. The zero-order valence-electron chi connectivity index (χ0n) is 39.9. The Balaban J connectivity index is 0.865. The number of nitrogens with one attached hydrogen (secondary N) is 3. The molecule has 10 rings (SSSR count). The van der Waals surface area contributed by atoms with E-state index in [2.05, 4.69) is 67.0 Å². The van der Waals surface area contributed by atoms with Gasteiger partial charge in [0.05, 0.1) is 44.7 Å². The highest BCUT2D eigenvalue weighted by Crippen LogP contribution is 2.47. The topological polar surface area (TPSA) is 242 Å². The number of piperazine rings is 1. The van der Waals surface area contributed by atoms with E-state index in [1.807, 2.05) is 6.07 Å². The predicted octanol–water partition coefficient (Wildman–Crippen LogP) is 7.01. The molecule has 2 atom stereocenters. The van der Waals surface area contributed by atoms with E-state index in [0.29, 0.717) is 70.0 Å². The minimum atomic E-state index is -4.75. The van der Waals surface area contributed by atoms with Gasteiger partial charge in [0.25, 0.3) is 21.6 Å². The van der Waals surface area contributed by atoms with Gasteiger partial charge >= 0.3 is 6.03 Å². The van der Waals surface area contributed by atoms with Crippen molar-refractivity contribution in [2.45, 2.75) is 87.8 Å². The number of carbonyl (C=O) groups is 2. The molecule has 5 aromatic rings. The average Bonchev–Trinajstić information content (AvgIpc) is 3.71. The number of piperidine rings is 1. The number of carbonyl (C=O) groups excluding carboxylic acids is 2. The summed E-state index contributed by atoms with van der Waals surface area (Å²) in [5, 5.41) is 31.0. The number of primary amides is 1. The molecule has 6 heterocycles. The van der Waals surface area contributed by atoms with E-state index in [1.54, 1.807) is 24.0 Å². The molecule has 5 aliphatic rings. The van der Waals surface area contributed by atoms with Gasteiger partial charge in [0.2, 0.25) is 0 Å². The van der Waals surface area contributed by atoms with Crippen molar-refractivity contribution in [1.82, 2.24) is 29.6 Å². The Morgan fingerprint density at radius 1 is 1.04 bits per heavy atom. The van der Waals surface area contributed by atoms with Gasteiger partial charge in [-0.2, -0.15) is 0 Å². The first-order chi connectivity index (χ1) is 33.9. The number of urea groups is 1. The Morgan fingerprint density at radius 3 is 2.51 bits per heavy atom. The van der Waals surface area contributed by atoms with Gasteiger partial charge in [-0.3, -0.25) is 14.9 Å². The molecule has 1 aliphatic carbocycles. The van der Waals surface area contributed by atoms with E-state index in [1.165, 1.54) is 29.5 Å². The number of aromatic nitrogens is 2. The van der Waals surface area contributed by atoms with Gasteiger partial charge in [0, 0.05) is 81.3 Å². The third-order valence-electron chi connectivity index (χ3n) is 15.3. The average molecular weight is 995 g/mol. The summed E-state index contributed by atoms with van der Waals surface area (Å²) in [5.74, 6) is -1.23. The second-order valence-corrected chi connectivity index (χ2v) is 22.1. The first-order valence-corrected chi connectivity index (χ1v) is 25.7. The number of pyridine rings is 1. The number of aliphatic hydroxyl groups is 1. The molecule has 2 aromatic heterocycles. The summed E-state index contributed by atoms with van der Waals surface area (Å²) in [6, 6.07) is 15.9. The van der Waals surface area contributed by atoms with Crippen LogP contribution in [0.25, 0.3) is 11.0 Å². The molecule has 21 heteroatoms. The number of fused-ring (bicyclic) bond motifs is 2. The molecule has 376 valence electrons. The van der Waals surface area contributed by atoms with E-state index in [4.69, 9.17) is 15.2 Å². The Labute approximate surface area is 410 Å². The minimum absolute atomic E-state index is 0.0237. The summed E-state index contributed by atoms with van der Waals surface area (Å²) in [5.41, 5.74) is 7.86. The Morgan fingerprint density at radius 2 is 1.79 bits per heavy atom. The van der Waals surface area contributed by atoms with Crippen molar-refractivity contribution >= 4 is 50.1 Å². The molecule has 0 bridgehead atoms. The maximum atomic E-state index is 14.7. The highest BCUT2D eigenvalue weighted by Gasteiger charge is 2.49. The van der Waals surface area contributed by atoms with Crippen LogP contribution in [0, 0.1) is 27.3 Å². The number of amides is 3. The highest BCUT2D eigenvalue weighted by atomic mass is 32.2. The third kappa shape index (κ3) is 9.54. The molecule has 71 heavy (non-hydrogen) atoms. The second kappa shape index (κ2) is 18.6. The zero-order valence-corrected chi connectivity index (χ0v) is 40.7. The molecular weight excluding hydrogens is 936 g/mol. The number of benzene rings is 3. The maximum absolute atomic E-state index is 14.7. The number of aromatic amines is 1. The molecule has 3 amide bonds. The maximum Gasteiger partial charge on any atom is 0.314 e. The van der Waals surface area contributed by atoms with Crippen LogP contribution in [0.15, 0.2) is 78.0 Å². The SMILES string of the molecule is CC(C)c1ccccc1[C@H]1CN(C(N)=O)CCN1N1CC2(CCN(c3ccc(C(=O)NS(=O)(=O)c4cc5c(c([N+](=O)[O-])c4)N[C@@H]([C@H]4CC[C@](C)(O)CC4)CO5)c(Oc4cnc5[nH]cc(F)c5c4)c3)CC2)C1. The van der Waals surface area contributed by atoms with Crippen molar-refractivity contribution in [2.75, 3.05) is 62.6 Å². The van der Waals surface area contributed by atoms with E-state index in [-0.39, 0.29) is 69.6 Å². The van der Waals surface area contributed by atoms with Crippen LogP contribution >= 0.6 is 0 Å². The van der Waals surface area contributed by atoms with Crippen molar-refractivity contribution in [3.05, 3.63) is 106 Å². The monoisotopic (exact) mass is 994 g/mol. The lowest BCUT2D eigenvalue weighted by atomic mass is 9.72. The van der Waals surface area contributed by atoms with E-state index in [0.717, 1.165) is 44.3 Å². The number of ether oxygens (including phenoxy) is 2. The molecule has 3 saturated heterocycles. The van der Waals surface area contributed by atoms with Crippen molar-refractivity contribution in [3.8, 4) is 17.2 Å². The fraction of sp³-hybridized carbons (Fsp3) is 0.460.